The number of anilines is 2. The van der Waals surface area contributed by atoms with Crippen LogP contribution in [0.5, 0.6) is 0 Å². The zero-order valence-electron chi connectivity index (χ0n) is 18.1. The minimum Gasteiger partial charge on any atom is -0.382 e. The molecule has 1 aliphatic rings. The normalized spacial score (nSPS) is 15.3. The number of fused-ring (bicyclic) bond motifs is 1. The summed E-state index contributed by atoms with van der Waals surface area (Å²) in [5, 5.41) is 11.9. The van der Waals surface area contributed by atoms with Crippen LogP contribution in [-0.4, -0.2) is 38.4 Å². The number of hydrogen-bond acceptors (Lipinski definition) is 5. The highest BCUT2D eigenvalue weighted by molar-refractivity contribution is 7.92. The Morgan fingerprint density at radius 2 is 1.77 bits per heavy atom. The number of sulfonamides is 1. The van der Waals surface area contributed by atoms with Crippen LogP contribution in [0.15, 0.2) is 42.5 Å². The Morgan fingerprint density at radius 1 is 1.10 bits per heavy atom. The van der Waals surface area contributed by atoms with Crippen LogP contribution in [0, 0.1) is 0 Å². The van der Waals surface area contributed by atoms with E-state index in [0.29, 0.717) is 31.1 Å². The average molecular weight is 446 g/mol. The van der Waals surface area contributed by atoms with E-state index in [4.69, 9.17) is 5.21 Å². The minimum atomic E-state index is -3.39. The van der Waals surface area contributed by atoms with Crippen LogP contribution in [0.25, 0.3) is 11.1 Å². The molecule has 0 spiro atoms. The number of nitrogens with zero attached hydrogens (tertiary/aromatic N) is 1. The Hall–Kier alpha value is -2.58. The number of carbonyl (C=O) groups is 1. The van der Waals surface area contributed by atoms with Gasteiger partial charge < -0.3 is 5.32 Å². The smallest absolute Gasteiger partial charge is 0.243 e. The van der Waals surface area contributed by atoms with Gasteiger partial charge in [0.05, 0.1) is 11.9 Å². The van der Waals surface area contributed by atoms with Gasteiger partial charge in [-0.2, -0.15) is 0 Å². The maximum Gasteiger partial charge on any atom is 0.243 e. The quantitative estimate of drug-likeness (QED) is 0.292. The highest BCUT2D eigenvalue weighted by atomic mass is 32.2. The van der Waals surface area contributed by atoms with Gasteiger partial charge in [-0.15, -0.1) is 0 Å². The molecule has 1 aliphatic heterocycles. The number of nitrogens with one attached hydrogen (secondary N) is 2. The molecule has 0 aromatic heterocycles. The fourth-order valence-electron chi connectivity index (χ4n) is 3.99. The molecule has 8 heteroatoms. The molecular weight excluding hydrogens is 414 g/mol. The van der Waals surface area contributed by atoms with Crippen LogP contribution in [0.1, 0.15) is 44.6 Å². The van der Waals surface area contributed by atoms with Gasteiger partial charge in [0.1, 0.15) is 0 Å². The summed E-state index contributed by atoms with van der Waals surface area (Å²) in [6.45, 7) is 2.56. The van der Waals surface area contributed by atoms with Crippen molar-refractivity contribution in [3.63, 3.8) is 0 Å². The Balaban J connectivity index is 1.62. The monoisotopic (exact) mass is 445 g/mol. The molecule has 0 radical (unpaired) electrons. The van der Waals surface area contributed by atoms with E-state index in [-0.39, 0.29) is 6.42 Å². The van der Waals surface area contributed by atoms with E-state index >= 15 is 0 Å². The van der Waals surface area contributed by atoms with E-state index in [1.807, 2.05) is 24.3 Å². The summed E-state index contributed by atoms with van der Waals surface area (Å²) in [7, 11) is -3.39. The van der Waals surface area contributed by atoms with Crippen LogP contribution in [0.4, 0.5) is 11.4 Å². The predicted octanol–water partition coefficient (Wildman–Crippen LogP) is 3.93. The second-order valence-electron chi connectivity index (χ2n) is 8.20. The lowest BCUT2D eigenvalue weighted by Gasteiger charge is -2.22. The first-order chi connectivity index (χ1) is 14.8. The van der Waals surface area contributed by atoms with Gasteiger partial charge in [0, 0.05) is 24.7 Å². The van der Waals surface area contributed by atoms with E-state index in [2.05, 4.69) is 30.4 Å². The summed E-state index contributed by atoms with van der Waals surface area (Å²) in [4.78, 5) is 11.0. The summed E-state index contributed by atoms with van der Waals surface area (Å²) in [6.07, 6.45) is 5.47. The summed E-state index contributed by atoms with van der Waals surface area (Å²) in [5.74, 6) is -0.396. The Kier molecular flexibility index (Phi) is 7.56. The highest BCUT2D eigenvalue weighted by Crippen LogP contribution is 2.31. The molecule has 7 nitrogen and oxygen atoms in total. The average Bonchev–Trinajstić information content (AvgIpc) is 3.11. The van der Waals surface area contributed by atoms with Gasteiger partial charge in [-0.3, -0.25) is 14.3 Å². The van der Waals surface area contributed by atoms with E-state index in [1.54, 1.807) is 5.48 Å². The van der Waals surface area contributed by atoms with Gasteiger partial charge in [-0.05, 0) is 67.1 Å². The highest BCUT2D eigenvalue weighted by Gasteiger charge is 2.19. The maximum absolute atomic E-state index is 12.3. The van der Waals surface area contributed by atoms with Crippen molar-refractivity contribution in [2.24, 2.45) is 0 Å². The topological polar surface area (TPSA) is 98.7 Å². The molecule has 0 aliphatic carbocycles. The molecule has 1 heterocycles. The van der Waals surface area contributed by atoms with E-state index in [1.165, 1.54) is 21.8 Å². The Bertz CT molecular complexity index is 1010. The first-order valence-corrected chi connectivity index (χ1v) is 12.5. The number of rotatable bonds is 10. The SMILES string of the molecule is CC1Cc2cc(-c3ccc(N(CCCCCCC(=O)NO)S(C)(=O)=O)cc3)ccc2N1. The van der Waals surface area contributed by atoms with Crippen molar-refractivity contribution in [2.45, 2.75) is 51.5 Å². The molecule has 0 bridgehead atoms. The zero-order chi connectivity index (χ0) is 22.4. The van der Waals surface area contributed by atoms with Crippen LogP contribution in [0.2, 0.25) is 0 Å². The number of amides is 1. The molecule has 3 N–H and O–H groups in total. The standard InChI is InChI=1S/C23H31N3O4S/c1-17-15-20-16-19(10-13-22(20)24-17)18-8-11-21(12-9-18)26(31(2,29)30)14-6-4-3-5-7-23(27)25-28/h8-13,16-17,24,28H,3-7,14-15H2,1-2H3,(H,25,27). The summed E-state index contributed by atoms with van der Waals surface area (Å²) in [5.41, 5.74) is 6.95. The molecule has 1 atom stereocenters. The van der Waals surface area contributed by atoms with Crippen molar-refractivity contribution in [3.8, 4) is 11.1 Å². The van der Waals surface area contributed by atoms with Crippen molar-refractivity contribution < 1.29 is 18.4 Å². The molecular formula is C23H31N3O4S. The number of unbranched alkanes of at least 4 members (excludes halogenated alkanes) is 3. The molecule has 0 fully saturated rings. The number of carbonyl (C=O) groups excluding carboxylic acids is 1. The zero-order valence-corrected chi connectivity index (χ0v) is 18.9. The first kappa shape index (κ1) is 23.1. The summed E-state index contributed by atoms with van der Waals surface area (Å²) in [6, 6.07) is 14.5. The van der Waals surface area contributed by atoms with Crippen LogP contribution in [-0.2, 0) is 21.2 Å². The second kappa shape index (κ2) is 10.2. The number of hydrogen-bond donors (Lipinski definition) is 3. The van der Waals surface area contributed by atoms with Gasteiger partial charge in [0.15, 0.2) is 0 Å². The second-order valence-corrected chi connectivity index (χ2v) is 10.1. The third-order valence-electron chi connectivity index (χ3n) is 5.56. The molecule has 0 saturated carbocycles. The molecule has 2 aromatic carbocycles. The van der Waals surface area contributed by atoms with Gasteiger partial charge in [0.25, 0.3) is 0 Å². The lowest BCUT2D eigenvalue weighted by Crippen LogP contribution is -2.30. The molecule has 0 saturated heterocycles. The van der Waals surface area contributed by atoms with Gasteiger partial charge in [0.2, 0.25) is 15.9 Å². The minimum absolute atomic E-state index is 0.269. The molecule has 31 heavy (non-hydrogen) atoms. The fraction of sp³-hybridized carbons (Fsp3) is 0.435. The van der Waals surface area contributed by atoms with Gasteiger partial charge in [-0.1, -0.05) is 31.0 Å². The third-order valence-corrected chi connectivity index (χ3v) is 6.76. The lowest BCUT2D eigenvalue weighted by atomic mass is 10.0. The van der Waals surface area contributed by atoms with Crippen molar-refractivity contribution in [2.75, 3.05) is 22.4 Å². The molecule has 1 unspecified atom stereocenters. The van der Waals surface area contributed by atoms with Gasteiger partial charge >= 0.3 is 0 Å². The van der Waals surface area contributed by atoms with Crippen LogP contribution >= 0.6 is 0 Å². The van der Waals surface area contributed by atoms with E-state index in [0.717, 1.165) is 30.4 Å². The molecule has 3 rings (SSSR count). The fourth-order valence-corrected chi connectivity index (χ4v) is 4.95. The van der Waals surface area contributed by atoms with Crippen LogP contribution < -0.4 is 15.1 Å². The van der Waals surface area contributed by atoms with Crippen molar-refractivity contribution in [1.82, 2.24) is 5.48 Å². The Morgan fingerprint density at radius 3 is 2.45 bits per heavy atom. The first-order valence-electron chi connectivity index (χ1n) is 10.7. The maximum atomic E-state index is 12.3. The Labute approximate surface area is 184 Å². The lowest BCUT2D eigenvalue weighted by molar-refractivity contribution is -0.129. The van der Waals surface area contributed by atoms with E-state index < -0.39 is 15.9 Å². The predicted molar refractivity (Wildman–Crippen MR) is 124 cm³/mol. The number of benzene rings is 2. The summed E-state index contributed by atoms with van der Waals surface area (Å²) >= 11 is 0. The van der Waals surface area contributed by atoms with Crippen molar-refractivity contribution in [3.05, 3.63) is 48.0 Å². The third kappa shape index (κ3) is 6.21. The van der Waals surface area contributed by atoms with Crippen molar-refractivity contribution >= 4 is 27.3 Å². The van der Waals surface area contributed by atoms with Crippen molar-refractivity contribution in [1.29, 1.82) is 0 Å². The molecule has 1 amide bonds. The van der Waals surface area contributed by atoms with E-state index in [9.17, 15) is 13.2 Å². The summed E-state index contributed by atoms with van der Waals surface area (Å²) < 4.78 is 26.1. The molecule has 168 valence electrons. The van der Waals surface area contributed by atoms with Gasteiger partial charge in [-0.25, -0.2) is 13.9 Å². The molecule has 2 aromatic rings. The number of hydroxylamine groups is 1. The van der Waals surface area contributed by atoms with Crippen LogP contribution in [0.3, 0.4) is 0 Å². The largest absolute Gasteiger partial charge is 0.382 e.